The number of amides is 1. The van der Waals surface area contributed by atoms with E-state index in [4.69, 9.17) is 4.74 Å². The van der Waals surface area contributed by atoms with E-state index in [-0.39, 0.29) is 5.91 Å². The van der Waals surface area contributed by atoms with Crippen LogP contribution >= 0.6 is 15.9 Å². The number of aryl methyl sites for hydroxylation is 1. The molecule has 4 heteroatoms. The number of carbonyl (C=O) groups excluding carboxylic acids is 1. The quantitative estimate of drug-likeness (QED) is 0.919. The molecule has 0 atom stereocenters. The van der Waals surface area contributed by atoms with E-state index in [9.17, 15) is 4.79 Å². The first kappa shape index (κ1) is 14.6. The topological polar surface area (TPSA) is 38.3 Å². The minimum Gasteiger partial charge on any atom is -0.497 e. The number of benzene rings is 2. The molecule has 0 aliphatic carbocycles. The van der Waals surface area contributed by atoms with Crippen LogP contribution in [-0.4, -0.2) is 13.0 Å². The number of anilines is 1. The van der Waals surface area contributed by atoms with Gasteiger partial charge < -0.3 is 10.1 Å². The monoisotopic (exact) mass is 333 g/mol. The highest BCUT2D eigenvalue weighted by Crippen LogP contribution is 2.27. The lowest BCUT2D eigenvalue weighted by molar-refractivity contribution is -0.115. The summed E-state index contributed by atoms with van der Waals surface area (Å²) < 4.78 is 5.99. The summed E-state index contributed by atoms with van der Waals surface area (Å²) in [6.45, 7) is 2.00. The molecule has 2 aromatic carbocycles. The Morgan fingerprint density at radius 2 is 2.00 bits per heavy atom. The molecule has 0 unspecified atom stereocenters. The van der Waals surface area contributed by atoms with Crippen molar-refractivity contribution in [3.8, 4) is 5.75 Å². The lowest BCUT2D eigenvalue weighted by Gasteiger charge is -2.10. The molecule has 0 aliphatic heterocycles. The van der Waals surface area contributed by atoms with Crippen molar-refractivity contribution < 1.29 is 9.53 Å². The normalized spacial score (nSPS) is 10.2. The largest absolute Gasteiger partial charge is 0.497 e. The first-order chi connectivity index (χ1) is 9.60. The fourth-order valence-corrected chi connectivity index (χ4v) is 2.25. The number of hydrogen-bond donors (Lipinski definition) is 1. The summed E-state index contributed by atoms with van der Waals surface area (Å²) >= 11 is 3.42. The van der Waals surface area contributed by atoms with Gasteiger partial charge in [-0.2, -0.15) is 0 Å². The number of halogens is 1. The molecule has 1 amide bonds. The highest BCUT2D eigenvalue weighted by Gasteiger charge is 2.09. The van der Waals surface area contributed by atoms with Crippen molar-refractivity contribution in [2.75, 3.05) is 12.4 Å². The Morgan fingerprint density at radius 1 is 1.25 bits per heavy atom. The molecule has 0 bridgehead atoms. The number of ether oxygens (including phenoxy) is 1. The third kappa shape index (κ3) is 3.61. The lowest BCUT2D eigenvalue weighted by atomic mass is 10.1. The summed E-state index contributed by atoms with van der Waals surface area (Å²) in [6.07, 6.45) is 0.357. The fourth-order valence-electron chi connectivity index (χ4n) is 1.90. The van der Waals surface area contributed by atoms with Crippen molar-refractivity contribution in [2.45, 2.75) is 13.3 Å². The Balaban J connectivity index is 2.10. The first-order valence-corrected chi connectivity index (χ1v) is 7.07. The fraction of sp³-hybridized carbons (Fsp3) is 0.188. The molecule has 0 spiro atoms. The average Bonchev–Trinajstić information content (AvgIpc) is 2.44. The van der Waals surface area contributed by atoms with Gasteiger partial charge in [0.15, 0.2) is 0 Å². The van der Waals surface area contributed by atoms with E-state index in [1.165, 1.54) is 0 Å². The van der Waals surface area contributed by atoms with E-state index in [1.54, 1.807) is 13.2 Å². The molecule has 0 fully saturated rings. The van der Waals surface area contributed by atoms with Crippen LogP contribution in [0.5, 0.6) is 5.75 Å². The van der Waals surface area contributed by atoms with Gasteiger partial charge in [-0.3, -0.25) is 4.79 Å². The maximum atomic E-state index is 12.1. The first-order valence-electron chi connectivity index (χ1n) is 6.28. The van der Waals surface area contributed by atoms with E-state index in [0.717, 1.165) is 15.6 Å². The van der Waals surface area contributed by atoms with Crippen LogP contribution in [0.4, 0.5) is 5.69 Å². The molecule has 1 N–H and O–H groups in total. The van der Waals surface area contributed by atoms with Crippen LogP contribution in [0.15, 0.2) is 46.9 Å². The summed E-state index contributed by atoms with van der Waals surface area (Å²) in [5.41, 5.74) is 2.86. The van der Waals surface area contributed by atoms with E-state index in [1.807, 2.05) is 43.3 Å². The molecule has 3 nitrogen and oxygen atoms in total. The number of methoxy groups -OCH3 is 1. The summed E-state index contributed by atoms with van der Waals surface area (Å²) in [4.78, 5) is 12.1. The maximum Gasteiger partial charge on any atom is 0.228 e. The summed E-state index contributed by atoms with van der Waals surface area (Å²) in [6, 6.07) is 13.4. The standard InChI is InChI=1S/C16H16BrNO2/c1-11-5-3-4-6-12(11)9-16(19)18-15-10-13(20-2)7-8-14(15)17/h3-8,10H,9H2,1-2H3,(H,18,19). The molecular weight excluding hydrogens is 318 g/mol. The zero-order valence-electron chi connectivity index (χ0n) is 11.4. The molecular formula is C16H16BrNO2. The Labute approximate surface area is 127 Å². The van der Waals surface area contributed by atoms with E-state index in [0.29, 0.717) is 17.9 Å². The lowest BCUT2D eigenvalue weighted by Crippen LogP contribution is -2.15. The van der Waals surface area contributed by atoms with Gasteiger partial charge in [-0.25, -0.2) is 0 Å². The predicted octanol–water partition coefficient (Wildman–Crippen LogP) is 3.95. The van der Waals surface area contributed by atoms with E-state index in [2.05, 4.69) is 21.2 Å². The van der Waals surface area contributed by atoms with Crippen LogP contribution in [0.1, 0.15) is 11.1 Å². The van der Waals surface area contributed by atoms with Crippen LogP contribution in [0, 0.1) is 6.92 Å². The molecule has 20 heavy (non-hydrogen) atoms. The summed E-state index contributed by atoms with van der Waals surface area (Å²) in [7, 11) is 1.60. The highest BCUT2D eigenvalue weighted by atomic mass is 79.9. The molecule has 2 aromatic rings. The van der Waals surface area contributed by atoms with Gasteiger partial charge in [-0.15, -0.1) is 0 Å². The van der Waals surface area contributed by atoms with Crippen LogP contribution in [0.3, 0.4) is 0 Å². The van der Waals surface area contributed by atoms with Crippen molar-refractivity contribution >= 4 is 27.5 Å². The zero-order valence-corrected chi connectivity index (χ0v) is 13.0. The van der Waals surface area contributed by atoms with Crippen molar-refractivity contribution in [1.29, 1.82) is 0 Å². The second-order valence-electron chi connectivity index (χ2n) is 4.50. The van der Waals surface area contributed by atoms with Gasteiger partial charge in [0, 0.05) is 10.5 Å². The minimum atomic E-state index is -0.0479. The molecule has 2 rings (SSSR count). The highest BCUT2D eigenvalue weighted by molar-refractivity contribution is 9.10. The van der Waals surface area contributed by atoms with Gasteiger partial charge in [0.2, 0.25) is 5.91 Å². The third-order valence-electron chi connectivity index (χ3n) is 3.06. The van der Waals surface area contributed by atoms with Gasteiger partial charge in [-0.05, 0) is 46.1 Å². The van der Waals surface area contributed by atoms with Crippen LogP contribution in [0.25, 0.3) is 0 Å². The number of rotatable bonds is 4. The molecule has 0 saturated heterocycles. The molecule has 104 valence electrons. The Hall–Kier alpha value is -1.81. The van der Waals surface area contributed by atoms with Gasteiger partial charge in [0.25, 0.3) is 0 Å². The number of nitrogens with one attached hydrogen (secondary N) is 1. The van der Waals surface area contributed by atoms with Gasteiger partial charge in [0.05, 0.1) is 19.2 Å². The van der Waals surface area contributed by atoms with Gasteiger partial charge >= 0.3 is 0 Å². The van der Waals surface area contributed by atoms with Gasteiger partial charge in [-0.1, -0.05) is 24.3 Å². The molecule has 0 saturated carbocycles. The zero-order chi connectivity index (χ0) is 14.5. The molecule has 0 heterocycles. The molecule has 0 aliphatic rings. The van der Waals surface area contributed by atoms with E-state index >= 15 is 0 Å². The van der Waals surface area contributed by atoms with Crippen molar-refractivity contribution in [3.05, 3.63) is 58.1 Å². The van der Waals surface area contributed by atoms with Crippen molar-refractivity contribution in [1.82, 2.24) is 0 Å². The van der Waals surface area contributed by atoms with Crippen molar-refractivity contribution in [2.24, 2.45) is 0 Å². The molecule has 0 aromatic heterocycles. The van der Waals surface area contributed by atoms with Crippen LogP contribution in [0.2, 0.25) is 0 Å². The Morgan fingerprint density at radius 3 is 2.70 bits per heavy atom. The van der Waals surface area contributed by atoms with Crippen LogP contribution < -0.4 is 10.1 Å². The third-order valence-corrected chi connectivity index (χ3v) is 3.75. The number of carbonyl (C=O) groups is 1. The summed E-state index contributed by atoms with van der Waals surface area (Å²) in [5.74, 6) is 0.660. The second-order valence-corrected chi connectivity index (χ2v) is 5.35. The smallest absolute Gasteiger partial charge is 0.228 e. The average molecular weight is 334 g/mol. The Bertz CT molecular complexity index is 626. The molecule has 0 radical (unpaired) electrons. The second kappa shape index (κ2) is 6.57. The Kier molecular flexibility index (Phi) is 4.79. The van der Waals surface area contributed by atoms with Crippen LogP contribution in [-0.2, 0) is 11.2 Å². The predicted molar refractivity (Wildman–Crippen MR) is 84.2 cm³/mol. The SMILES string of the molecule is COc1ccc(Br)c(NC(=O)Cc2ccccc2C)c1. The summed E-state index contributed by atoms with van der Waals surface area (Å²) in [5, 5.41) is 2.89. The number of hydrogen-bond acceptors (Lipinski definition) is 2. The maximum absolute atomic E-state index is 12.1. The van der Waals surface area contributed by atoms with Crippen molar-refractivity contribution in [3.63, 3.8) is 0 Å². The van der Waals surface area contributed by atoms with E-state index < -0.39 is 0 Å². The van der Waals surface area contributed by atoms with Gasteiger partial charge in [0.1, 0.15) is 5.75 Å². The minimum absolute atomic E-state index is 0.0479.